The number of hydrogen-bond donors (Lipinski definition) is 1. The van der Waals surface area contributed by atoms with Crippen LogP contribution in [0.5, 0.6) is 11.5 Å². The maximum absolute atomic E-state index is 14.3. The lowest BCUT2D eigenvalue weighted by Crippen LogP contribution is -2.61. The molecule has 278 valence electrons. The van der Waals surface area contributed by atoms with E-state index in [9.17, 15) is 26.4 Å². The smallest absolute Gasteiger partial charge is 0.258 e. The van der Waals surface area contributed by atoms with Gasteiger partial charge in [-0.1, -0.05) is 0 Å². The second-order valence-electron chi connectivity index (χ2n) is 13.9. The molecule has 1 spiro atoms. The van der Waals surface area contributed by atoms with Gasteiger partial charge in [0.1, 0.15) is 22.8 Å². The van der Waals surface area contributed by atoms with Crippen molar-refractivity contribution >= 4 is 21.7 Å². The van der Waals surface area contributed by atoms with E-state index < -0.39 is 40.8 Å². The van der Waals surface area contributed by atoms with Gasteiger partial charge in [0.05, 0.1) is 37.2 Å². The first-order valence-corrected chi connectivity index (χ1v) is 18.8. The van der Waals surface area contributed by atoms with Crippen molar-refractivity contribution in [3.8, 4) is 11.5 Å². The Labute approximate surface area is 296 Å². The summed E-state index contributed by atoms with van der Waals surface area (Å²) in [4.78, 5) is 27.5. The van der Waals surface area contributed by atoms with Crippen LogP contribution in [0, 0.1) is 11.2 Å². The van der Waals surface area contributed by atoms with E-state index in [0.29, 0.717) is 25.4 Å². The van der Waals surface area contributed by atoms with Crippen LogP contribution < -0.4 is 14.4 Å². The molecular weight excluding hydrogens is 689 g/mol. The highest BCUT2D eigenvalue weighted by Gasteiger charge is 2.46. The summed E-state index contributed by atoms with van der Waals surface area (Å²) in [5.74, 6) is -0.605. The molecule has 3 fully saturated rings. The van der Waals surface area contributed by atoms with Gasteiger partial charge in [0.15, 0.2) is 11.6 Å². The van der Waals surface area contributed by atoms with E-state index >= 15 is 0 Å². The van der Waals surface area contributed by atoms with E-state index in [4.69, 9.17) is 9.47 Å². The van der Waals surface area contributed by atoms with Crippen LogP contribution in [0.3, 0.4) is 0 Å². The summed E-state index contributed by atoms with van der Waals surface area (Å²) < 4.78 is 82.9. The van der Waals surface area contributed by atoms with E-state index in [0.717, 1.165) is 69.0 Å². The molecule has 0 unspecified atom stereocenters. The number of amides is 1. The number of ether oxygens (including phenoxy) is 2. The van der Waals surface area contributed by atoms with Crippen LogP contribution in [0.2, 0.25) is 0 Å². The van der Waals surface area contributed by atoms with Gasteiger partial charge < -0.3 is 24.2 Å². The van der Waals surface area contributed by atoms with Crippen molar-refractivity contribution in [1.29, 1.82) is 0 Å². The summed E-state index contributed by atoms with van der Waals surface area (Å²) in [5.41, 5.74) is -0.0592. The highest BCUT2D eigenvalue weighted by molar-refractivity contribution is 7.89. The largest absolute Gasteiger partial charge is 0.451 e. The number of anilines is 1. The van der Waals surface area contributed by atoms with Gasteiger partial charge in [0.25, 0.3) is 12.3 Å². The van der Waals surface area contributed by atoms with Crippen molar-refractivity contribution in [3.63, 3.8) is 0 Å². The Morgan fingerprint density at radius 3 is 2.57 bits per heavy atom. The summed E-state index contributed by atoms with van der Waals surface area (Å²) in [5, 5.41) is 4.06. The minimum atomic E-state index is -3.66. The molecule has 3 aliphatic heterocycles. The fraction of sp³-hybridized carbons (Fsp3) is 0.588. The lowest BCUT2D eigenvalue weighted by atomic mass is 9.72. The maximum Gasteiger partial charge on any atom is 0.258 e. The van der Waals surface area contributed by atoms with Crippen molar-refractivity contribution < 1.29 is 35.9 Å². The molecule has 17 heteroatoms. The first kappa shape index (κ1) is 37.0. The molecule has 3 aromatic rings. The number of alkyl halides is 2. The van der Waals surface area contributed by atoms with Gasteiger partial charge in [0.2, 0.25) is 10.0 Å². The summed E-state index contributed by atoms with van der Waals surface area (Å²) in [6.45, 7) is 9.36. The zero-order chi connectivity index (χ0) is 36.3. The number of carbonyl (C=O) groups is 1. The first-order valence-electron chi connectivity index (χ1n) is 17.3. The molecule has 2 atom stereocenters. The maximum atomic E-state index is 14.3. The minimum absolute atomic E-state index is 0.0264. The summed E-state index contributed by atoms with van der Waals surface area (Å²) >= 11 is 0. The van der Waals surface area contributed by atoms with Crippen molar-refractivity contribution in [2.75, 3.05) is 50.8 Å². The lowest BCUT2D eigenvalue weighted by Gasteiger charge is -2.54. The number of likely N-dealkylation sites (tertiary alicyclic amines) is 1. The zero-order valence-corrected chi connectivity index (χ0v) is 29.9. The molecular formula is C34H45F3N8O5S. The average molecular weight is 735 g/mol. The molecule has 5 heterocycles. The van der Waals surface area contributed by atoms with Crippen molar-refractivity contribution in [2.24, 2.45) is 5.41 Å². The van der Waals surface area contributed by atoms with E-state index in [1.54, 1.807) is 18.5 Å². The van der Waals surface area contributed by atoms with Crippen molar-refractivity contribution in [2.45, 2.75) is 82.5 Å². The fourth-order valence-corrected chi connectivity index (χ4v) is 8.25. The second kappa shape index (κ2) is 15.4. The molecule has 1 aromatic carbocycles. The molecule has 51 heavy (non-hydrogen) atoms. The number of halogens is 3. The monoisotopic (exact) mass is 734 g/mol. The lowest BCUT2D eigenvalue weighted by molar-refractivity contribution is -0.0299. The summed E-state index contributed by atoms with van der Waals surface area (Å²) in [6, 6.07) is 2.63. The molecule has 13 nitrogen and oxygen atoms in total. The van der Waals surface area contributed by atoms with E-state index in [1.807, 2.05) is 6.92 Å². The topological polar surface area (TPSA) is 135 Å². The quantitative estimate of drug-likeness (QED) is 0.273. The normalized spacial score (nSPS) is 20.9. The van der Waals surface area contributed by atoms with Crippen LogP contribution in [0.25, 0.3) is 0 Å². The number of sulfonamides is 1. The second-order valence-corrected chi connectivity index (χ2v) is 15.6. The number of carbonyl (C=O) groups excluding carboxylic acids is 1. The van der Waals surface area contributed by atoms with Crippen LogP contribution in [-0.2, 0) is 21.3 Å². The molecule has 3 saturated heterocycles. The Morgan fingerprint density at radius 2 is 1.92 bits per heavy atom. The Kier molecular flexibility index (Phi) is 11.2. The third-order valence-corrected chi connectivity index (χ3v) is 11.4. The molecule has 0 aliphatic carbocycles. The van der Waals surface area contributed by atoms with E-state index in [-0.39, 0.29) is 39.5 Å². The molecule has 0 saturated carbocycles. The molecule has 3 aliphatic rings. The van der Waals surface area contributed by atoms with Gasteiger partial charge in [0, 0.05) is 49.9 Å². The van der Waals surface area contributed by atoms with Crippen LogP contribution in [-0.4, -0.2) is 114 Å². The van der Waals surface area contributed by atoms with Gasteiger partial charge >= 0.3 is 0 Å². The molecule has 0 bridgehead atoms. The number of aromatic nitrogens is 4. The Morgan fingerprint density at radius 1 is 1.16 bits per heavy atom. The summed E-state index contributed by atoms with van der Waals surface area (Å²) in [7, 11) is -3.66. The van der Waals surface area contributed by atoms with Gasteiger partial charge in [-0.05, 0) is 77.7 Å². The number of hydrogen-bond acceptors (Lipinski definition) is 10. The highest BCUT2D eigenvalue weighted by Crippen LogP contribution is 2.45. The predicted octanol–water partition coefficient (Wildman–Crippen LogP) is 4.17. The number of nitrogens with one attached hydrogen (secondary N) is 1. The Hall–Kier alpha value is -3.80. The standard InChI is InChI=1S/C34H45F3N8O5S/c1-4-44-17-27(14-40-44)51(47,48)41-25-6-7-26(49-19-25)16-42-11-9-34(10-12-42)20-43(21-34)32-30(15-38-22-39-32)50-29-8-5-24(35)13-28(29)33(46)45(23(2)3)18-31(36)37/h5,8,13-15,17,22-23,25-26,31,41H,4,6-7,9-12,16,18-21H2,1-3H3/t25-,26+/m1/s1. The van der Waals surface area contributed by atoms with Crippen LogP contribution in [0.4, 0.5) is 19.0 Å². The van der Waals surface area contributed by atoms with E-state index in [1.165, 1.54) is 31.0 Å². The molecule has 0 radical (unpaired) electrons. The Balaban J connectivity index is 1.00. The average Bonchev–Trinajstić information content (AvgIpc) is 3.59. The van der Waals surface area contributed by atoms with Gasteiger partial charge in [-0.25, -0.2) is 36.3 Å². The third-order valence-electron chi connectivity index (χ3n) is 9.94. The van der Waals surface area contributed by atoms with Crippen LogP contribution in [0.15, 0.2) is 48.0 Å². The number of nitrogens with zero attached hydrogens (tertiary/aromatic N) is 7. The van der Waals surface area contributed by atoms with Crippen LogP contribution >= 0.6 is 0 Å². The zero-order valence-electron chi connectivity index (χ0n) is 29.1. The van der Waals surface area contributed by atoms with Gasteiger partial charge in [-0.15, -0.1) is 0 Å². The minimum Gasteiger partial charge on any atom is -0.451 e. The summed E-state index contributed by atoms with van der Waals surface area (Å²) in [6.07, 6.45) is 6.49. The van der Waals surface area contributed by atoms with Crippen molar-refractivity contribution in [1.82, 2.24) is 34.3 Å². The molecule has 2 aromatic heterocycles. The number of piperidine rings is 1. The molecule has 6 rings (SSSR count). The van der Waals surface area contributed by atoms with Gasteiger partial charge in [-0.2, -0.15) is 5.10 Å². The van der Waals surface area contributed by atoms with E-state index in [2.05, 4.69) is 29.6 Å². The highest BCUT2D eigenvalue weighted by atomic mass is 32.2. The molecule has 1 N–H and O–H groups in total. The molecule has 1 amide bonds. The number of aryl methyl sites for hydroxylation is 1. The predicted molar refractivity (Wildman–Crippen MR) is 182 cm³/mol. The SMILES string of the molecule is CCn1cc(S(=O)(=O)N[C@@H]2CC[C@@H](CN3CCC4(CC3)CN(c3ncncc3Oc3ccc(F)cc3C(=O)N(CC(F)F)C(C)C)C4)OC2)cn1. The Bertz CT molecular complexity index is 1770. The van der Waals surface area contributed by atoms with Crippen LogP contribution in [0.1, 0.15) is 56.8 Å². The van der Waals surface area contributed by atoms with Crippen molar-refractivity contribution in [3.05, 3.63) is 54.5 Å². The van der Waals surface area contributed by atoms with Gasteiger partial charge in [-0.3, -0.25) is 9.48 Å². The first-order chi connectivity index (χ1) is 24.3. The third kappa shape index (κ3) is 8.64. The number of benzene rings is 1. The fourth-order valence-electron chi connectivity index (χ4n) is 7.04. The number of rotatable bonds is 13.